The van der Waals surface area contributed by atoms with Gasteiger partial charge in [0.1, 0.15) is 5.75 Å². The molecule has 2 aromatic carbocycles. The molecule has 0 fully saturated rings. The summed E-state index contributed by atoms with van der Waals surface area (Å²) < 4.78 is 7.81. The van der Waals surface area contributed by atoms with Crippen molar-refractivity contribution in [1.82, 2.24) is 5.32 Å². The zero-order valence-corrected chi connectivity index (χ0v) is 15.0. The average Bonchev–Trinajstić information content (AvgIpc) is 2.95. The minimum Gasteiger partial charge on any atom is -0.493 e. The van der Waals surface area contributed by atoms with E-state index in [1.807, 2.05) is 6.07 Å². The Morgan fingerprint density at radius 2 is 2.05 bits per heavy atom. The fourth-order valence-corrected chi connectivity index (χ4v) is 3.59. The monoisotopic (exact) mass is 409 g/mol. The molecule has 0 aliphatic carbocycles. The van der Waals surface area contributed by atoms with Crippen LogP contribution in [0.25, 0.3) is 0 Å². The van der Waals surface area contributed by atoms with E-state index in [1.54, 1.807) is 0 Å². The van der Waals surface area contributed by atoms with Crippen molar-refractivity contribution in [2.24, 2.45) is 0 Å². The summed E-state index contributed by atoms with van der Waals surface area (Å²) in [5.41, 5.74) is 3.83. The van der Waals surface area contributed by atoms with Crippen LogP contribution in [0.3, 0.4) is 0 Å². The van der Waals surface area contributed by atoms with Gasteiger partial charge in [0, 0.05) is 15.4 Å². The van der Waals surface area contributed by atoms with Crippen LogP contribution in [0.15, 0.2) is 45.3 Å². The van der Waals surface area contributed by atoms with Crippen molar-refractivity contribution in [3.05, 3.63) is 62.0 Å². The number of benzene rings is 2. The summed E-state index contributed by atoms with van der Waals surface area (Å²) in [6, 6.07) is 13.0. The van der Waals surface area contributed by atoms with Gasteiger partial charge in [0.2, 0.25) is 0 Å². The smallest absolute Gasteiger partial charge is 0.122 e. The van der Waals surface area contributed by atoms with Gasteiger partial charge in [-0.25, -0.2) is 0 Å². The first kappa shape index (κ1) is 15.1. The molecule has 4 heteroatoms. The molecule has 1 aliphatic heterocycles. The highest BCUT2D eigenvalue weighted by Crippen LogP contribution is 2.34. The summed E-state index contributed by atoms with van der Waals surface area (Å²) in [5, 5.41) is 3.58. The van der Waals surface area contributed by atoms with Crippen molar-refractivity contribution in [3.8, 4) is 5.75 Å². The zero-order chi connectivity index (χ0) is 14.8. The molecule has 3 rings (SSSR count). The van der Waals surface area contributed by atoms with Crippen molar-refractivity contribution in [3.63, 3.8) is 0 Å². The molecule has 1 aliphatic rings. The molecule has 0 saturated heterocycles. The highest BCUT2D eigenvalue weighted by molar-refractivity contribution is 9.11. The van der Waals surface area contributed by atoms with Crippen LogP contribution in [0.4, 0.5) is 0 Å². The maximum atomic E-state index is 5.60. The number of ether oxygens (including phenoxy) is 1. The van der Waals surface area contributed by atoms with Crippen LogP contribution < -0.4 is 10.1 Å². The number of hydrogen-bond acceptors (Lipinski definition) is 2. The van der Waals surface area contributed by atoms with E-state index in [4.69, 9.17) is 4.74 Å². The molecule has 0 bridgehead atoms. The zero-order valence-electron chi connectivity index (χ0n) is 11.8. The summed E-state index contributed by atoms with van der Waals surface area (Å²) in [5.74, 6) is 1.03. The summed E-state index contributed by atoms with van der Waals surface area (Å²) in [4.78, 5) is 0. The second-order valence-corrected chi connectivity index (χ2v) is 6.89. The van der Waals surface area contributed by atoms with Gasteiger partial charge in [-0.05, 0) is 47.5 Å². The predicted octanol–water partition coefficient (Wildman–Crippen LogP) is 4.85. The van der Waals surface area contributed by atoms with Crippen molar-refractivity contribution < 1.29 is 4.74 Å². The lowest BCUT2D eigenvalue weighted by molar-refractivity contribution is 0.357. The van der Waals surface area contributed by atoms with Crippen molar-refractivity contribution in [1.29, 1.82) is 0 Å². The van der Waals surface area contributed by atoms with Crippen LogP contribution in [-0.2, 0) is 6.42 Å². The normalized spacial score (nSPS) is 14.6. The van der Waals surface area contributed by atoms with Gasteiger partial charge in [-0.3, -0.25) is 0 Å². The molecule has 0 spiro atoms. The van der Waals surface area contributed by atoms with Crippen LogP contribution in [0.5, 0.6) is 5.75 Å². The maximum Gasteiger partial charge on any atom is 0.122 e. The van der Waals surface area contributed by atoms with Gasteiger partial charge in [-0.1, -0.05) is 50.9 Å². The van der Waals surface area contributed by atoms with Gasteiger partial charge in [0.25, 0.3) is 0 Å². The summed E-state index contributed by atoms with van der Waals surface area (Å²) in [6.07, 6.45) is 1.00. The number of rotatable bonds is 4. The Morgan fingerprint density at radius 1 is 1.19 bits per heavy atom. The SMILES string of the molecule is CCNC(c1ccc2c(c1)CCO2)c1cc(Br)ccc1Br. The Morgan fingerprint density at radius 3 is 2.86 bits per heavy atom. The third-order valence-electron chi connectivity index (χ3n) is 3.72. The second kappa shape index (κ2) is 6.51. The number of fused-ring (bicyclic) bond motifs is 1. The lowest BCUT2D eigenvalue weighted by Crippen LogP contribution is -2.22. The van der Waals surface area contributed by atoms with Crippen LogP contribution in [-0.4, -0.2) is 13.2 Å². The molecule has 1 atom stereocenters. The fraction of sp³-hybridized carbons (Fsp3) is 0.294. The van der Waals surface area contributed by atoms with Gasteiger partial charge in [0.15, 0.2) is 0 Å². The first-order valence-corrected chi connectivity index (χ1v) is 8.71. The molecule has 2 aromatic rings. The Bertz CT molecular complexity index is 657. The highest BCUT2D eigenvalue weighted by atomic mass is 79.9. The van der Waals surface area contributed by atoms with Crippen LogP contribution in [0.1, 0.15) is 29.7 Å². The van der Waals surface area contributed by atoms with E-state index in [-0.39, 0.29) is 6.04 Å². The molecule has 0 radical (unpaired) electrons. The lowest BCUT2D eigenvalue weighted by atomic mass is 9.96. The fourth-order valence-electron chi connectivity index (χ4n) is 2.73. The molecule has 21 heavy (non-hydrogen) atoms. The van der Waals surface area contributed by atoms with Crippen molar-refractivity contribution in [2.75, 3.05) is 13.2 Å². The Balaban J connectivity index is 2.03. The van der Waals surface area contributed by atoms with E-state index < -0.39 is 0 Å². The van der Waals surface area contributed by atoms with E-state index in [0.717, 1.165) is 34.3 Å². The van der Waals surface area contributed by atoms with Gasteiger partial charge in [0.05, 0.1) is 12.6 Å². The molecule has 1 N–H and O–H groups in total. The first-order valence-electron chi connectivity index (χ1n) is 7.13. The van der Waals surface area contributed by atoms with E-state index >= 15 is 0 Å². The van der Waals surface area contributed by atoms with Crippen molar-refractivity contribution >= 4 is 31.9 Å². The van der Waals surface area contributed by atoms with Crippen LogP contribution in [0.2, 0.25) is 0 Å². The highest BCUT2D eigenvalue weighted by Gasteiger charge is 2.19. The van der Waals surface area contributed by atoms with E-state index in [9.17, 15) is 0 Å². The van der Waals surface area contributed by atoms with E-state index in [1.165, 1.54) is 16.7 Å². The number of halogens is 2. The molecule has 0 aromatic heterocycles. The van der Waals surface area contributed by atoms with Gasteiger partial charge >= 0.3 is 0 Å². The standard InChI is InChI=1S/C17H17Br2NO/c1-2-20-17(14-10-13(18)4-5-15(14)19)12-3-6-16-11(9-12)7-8-21-16/h3-6,9-10,17,20H,2,7-8H2,1H3. The summed E-state index contributed by atoms with van der Waals surface area (Å²) in [6.45, 7) is 3.85. The quantitative estimate of drug-likeness (QED) is 0.778. The number of nitrogens with one attached hydrogen (secondary N) is 1. The predicted molar refractivity (Wildman–Crippen MR) is 93.0 cm³/mol. The van der Waals surface area contributed by atoms with Gasteiger partial charge in [-0.15, -0.1) is 0 Å². The summed E-state index contributed by atoms with van der Waals surface area (Å²) in [7, 11) is 0. The van der Waals surface area contributed by atoms with Gasteiger partial charge in [-0.2, -0.15) is 0 Å². The minimum absolute atomic E-state index is 0.174. The largest absolute Gasteiger partial charge is 0.493 e. The lowest BCUT2D eigenvalue weighted by Gasteiger charge is -2.21. The minimum atomic E-state index is 0.174. The molecule has 0 saturated carbocycles. The summed E-state index contributed by atoms with van der Waals surface area (Å²) >= 11 is 7.24. The molecule has 2 nitrogen and oxygen atoms in total. The van der Waals surface area contributed by atoms with Gasteiger partial charge < -0.3 is 10.1 Å². The molecule has 1 unspecified atom stereocenters. The van der Waals surface area contributed by atoms with Crippen LogP contribution >= 0.6 is 31.9 Å². The molecular weight excluding hydrogens is 394 g/mol. The number of hydrogen-bond donors (Lipinski definition) is 1. The Kier molecular flexibility index (Phi) is 4.67. The van der Waals surface area contributed by atoms with Crippen molar-refractivity contribution in [2.45, 2.75) is 19.4 Å². The average molecular weight is 411 g/mol. The van der Waals surface area contributed by atoms with E-state index in [0.29, 0.717) is 0 Å². The van der Waals surface area contributed by atoms with E-state index in [2.05, 4.69) is 74.4 Å². The van der Waals surface area contributed by atoms with Crippen LogP contribution in [0, 0.1) is 0 Å². The molecule has 0 amide bonds. The second-order valence-electron chi connectivity index (χ2n) is 5.12. The molecule has 110 valence electrons. The Labute approximate surface area is 142 Å². The third kappa shape index (κ3) is 3.17. The topological polar surface area (TPSA) is 21.3 Å². The third-order valence-corrected chi connectivity index (χ3v) is 4.94. The maximum absolute atomic E-state index is 5.60. The molecular formula is C17H17Br2NO. The molecule has 1 heterocycles. The Hall–Kier alpha value is -0.840. The first-order chi connectivity index (χ1) is 10.2.